The Bertz CT molecular complexity index is 914. The highest BCUT2D eigenvalue weighted by Crippen LogP contribution is 2.32. The summed E-state index contributed by atoms with van der Waals surface area (Å²) >= 11 is 13.6. The van der Waals surface area contributed by atoms with Crippen LogP contribution in [0, 0.1) is 0 Å². The van der Waals surface area contributed by atoms with Gasteiger partial charge in [0.25, 0.3) is 0 Å². The largest absolute Gasteiger partial charge is 0.464 e. The maximum Gasteiger partial charge on any atom is 0.331 e. The highest BCUT2D eigenvalue weighted by atomic mass is 35.5. The first kappa shape index (κ1) is 20.6. The first-order valence-electron chi connectivity index (χ1n) is 8.87. The molecular weight excluding hydrogens is 413 g/mol. The van der Waals surface area contributed by atoms with Crippen LogP contribution < -0.4 is 0 Å². The number of carbonyl (C=O) groups excluding carboxylic acids is 1. The van der Waals surface area contributed by atoms with Crippen LogP contribution in [-0.2, 0) is 16.0 Å². The molecule has 0 saturated carbocycles. The molecule has 0 aliphatic carbocycles. The van der Waals surface area contributed by atoms with Crippen molar-refractivity contribution in [3.8, 4) is 0 Å². The third-order valence-corrected chi connectivity index (χ3v) is 5.65. The Morgan fingerprint density at radius 2 is 1.61 bits per heavy atom. The van der Waals surface area contributed by atoms with E-state index in [1.807, 2.05) is 60.7 Å². The molecular formula is C22H19Cl2NO2S. The van der Waals surface area contributed by atoms with Crippen molar-refractivity contribution in [3.63, 3.8) is 0 Å². The van der Waals surface area contributed by atoms with Crippen LogP contribution in [0.3, 0.4) is 0 Å². The summed E-state index contributed by atoms with van der Waals surface area (Å²) in [6.45, 7) is 2.07. The van der Waals surface area contributed by atoms with Crippen LogP contribution in [0.5, 0.6) is 0 Å². The molecule has 0 fully saturated rings. The van der Waals surface area contributed by atoms with E-state index >= 15 is 0 Å². The van der Waals surface area contributed by atoms with Gasteiger partial charge in [0, 0.05) is 17.5 Å². The molecule has 0 amide bonds. The van der Waals surface area contributed by atoms with Crippen LogP contribution in [0.25, 0.3) is 0 Å². The Balaban J connectivity index is 2.05. The number of aliphatic imine (C=N–C) groups is 1. The van der Waals surface area contributed by atoms with E-state index in [1.54, 1.807) is 13.0 Å². The van der Waals surface area contributed by atoms with Gasteiger partial charge in [-0.2, -0.15) is 0 Å². The maximum atomic E-state index is 12.7. The zero-order valence-corrected chi connectivity index (χ0v) is 17.6. The molecule has 3 nitrogen and oxygen atoms in total. The van der Waals surface area contributed by atoms with Crippen LogP contribution in [0.1, 0.15) is 23.6 Å². The van der Waals surface area contributed by atoms with Gasteiger partial charge in [-0.3, -0.25) is 4.99 Å². The van der Waals surface area contributed by atoms with E-state index in [-0.39, 0.29) is 12.6 Å². The van der Waals surface area contributed by atoms with Gasteiger partial charge < -0.3 is 4.74 Å². The molecule has 1 heterocycles. The molecule has 2 aromatic carbocycles. The van der Waals surface area contributed by atoms with Crippen LogP contribution in [0.4, 0.5) is 0 Å². The minimum absolute atomic E-state index is 0.287. The second kappa shape index (κ2) is 9.87. The summed E-state index contributed by atoms with van der Waals surface area (Å²) in [5.41, 5.74) is 3.38. The average molecular weight is 432 g/mol. The van der Waals surface area contributed by atoms with Crippen molar-refractivity contribution in [3.05, 3.63) is 92.1 Å². The van der Waals surface area contributed by atoms with Gasteiger partial charge in [-0.1, -0.05) is 83.9 Å². The number of ether oxygens (including phenoxy) is 1. The lowest BCUT2D eigenvalue weighted by molar-refractivity contribution is -0.144. The Hall–Kier alpha value is -2.14. The molecule has 6 heteroatoms. The summed E-state index contributed by atoms with van der Waals surface area (Å²) in [6.07, 6.45) is 0.323. The standard InChI is InChI=1S/C22H19Cl2NO2S/c1-2-27-22(26)18(13-17-14-19(23)28-21(17)24)25-20(15-9-5-3-6-10-15)16-11-7-4-8-12-16/h3-12,14,18H,2,13H2,1H3. The number of esters is 1. The summed E-state index contributed by atoms with van der Waals surface area (Å²) in [7, 11) is 0. The van der Waals surface area contributed by atoms with E-state index in [9.17, 15) is 4.79 Å². The van der Waals surface area contributed by atoms with Crippen molar-refractivity contribution in [2.75, 3.05) is 6.61 Å². The predicted molar refractivity (Wildman–Crippen MR) is 117 cm³/mol. The molecule has 1 atom stereocenters. The molecule has 3 rings (SSSR count). The van der Waals surface area contributed by atoms with E-state index in [4.69, 9.17) is 32.9 Å². The molecule has 28 heavy (non-hydrogen) atoms. The Kier molecular flexibility index (Phi) is 7.26. The summed E-state index contributed by atoms with van der Waals surface area (Å²) in [6, 6.07) is 20.6. The van der Waals surface area contributed by atoms with Crippen LogP contribution in [0.2, 0.25) is 8.67 Å². The monoisotopic (exact) mass is 431 g/mol. The van der Waals surface area contributed by atoms with Gasteiger partial charge in [-0.15, -0.1) is 11.3 Å². The molecule has 1 unspecified atom stereocenters. The van der Waals surface area contributed by atoms with Crippen molar-refractivity contribution in [1.29, 1.82) is 0 Å². The van der Waals surface area contributed by atoms with E-state index < -0.39 is 6.04 Å². The van der Waals surface area contributed by atoms with Gasteiger partial charge in [0.15, 0.2) is 6.04 Å². The molecule has 0 saturated heterocycles. The summed E-state index contributed by atoms with van der Waals surface area (Å²) < 4.78 is 6.42. The number of hydrogen-bond donors (Lipinski definition) is 0. The molecule has 0 spiro atoms. The summed E-state index contributed by atoms with van der Waals surface area (Å²) in [4.78, 5) is 17.5. The van der Waals surface area contributed by atoms with Crippen molar-refractivity contribution >= 4 is 46.2 Å². The molecule has 0 bridgehead atoms. The fraction of sp³-hybridized carbons (Fsp3) is 0.182. The van der Waals surface area contributed by atoms with E-state index in [0.29, 0.717) is 15.1 Å². The smallest absolute Gasteiger partial charge is 0.331 e. The quantitative estimate of drug-likeness (QED) is 0.336. The van der Waals surface area contributed by atoms with E-state index in [0.717, 1.165) is 22.4 Å². The Morgan fingerprint density at radius 3 is 2.07 bits per heavy atom. The number of benzene rings is 2. The second-order valence-corrected chi connectivity index (χ2v) is 8.32. The minimum Gasteiger partial charge on any atom is -0.464 e. The van der Waals surface area contributed by atoms with Gasteiger partial charge in [-0.05, 0) is 18.6 Å². The van der Waals surface area contributed by atoms with Crippen molar-refractivity contribution in [2.45, 2.75) is 19.4 Å². The number of carbonyl (C=O) groups is 1. The molecule has 0 aliphatic rings. The van der Waals surface area contributed by atoms with Crippen molar-refractivity contribution < 1.29 is 9.53 Å². The van der Waals surface area contributed by atoms with Gasteiger partial charge in [-0.25, -0.2) is 4.79 Å². The Morgan fingerprint density at radius 1 is 1.04 bits per heavy atom. The molecule has 1 aromatic heterocycles. The van der Waals surface area contributed by atoms with Gasteiger partial charge >= 0.3 is 5.97 Å². The molecule has 144 valence electrons. The highest BCUT2D eigenvalue weighted by molar-refractivity contribution is 7.20. The fourth-order valence-electron chi connectivity index (χ4n) is 2.81. The van der Waals surface area contributed by atoms with Crippen LogP contribution in [0.15, 0.2) is 71.7 Å². The van der Waals surface area contributed by atoms with Crippen LogP contribution in [-0.4, -0.2) is 24.3 Å². The van der Waals surface area contributed by atoms with Gasteiger partial charge in [0.05, 0.1) is 21.0 Å². The summed E-state index contributed by atoms with van der Waals surface area (Å²) in [5, 5.41) is 0. The third-order valence-electron chi connectivity index (χ3n) is 4.08. The van der Waals surface area contributed by atoms with E-state index in [1.165, 1.54) is 11.3 Å². The highest BCUT2D eigenvalue weighted by Gasteiger charge is 2.23. The SMILES string of the molecule is CCOC(=O)C(Cc1cc(Cl)sc1Cl)N=C(c1ccccc1)c1ccccc1. The fourth-order valence-corrected chi connectivity index (χ4v) is 4.31. The minimum atomic E-state index is -0.724. The third kappa shape index (κ3) is 5.22. The van der Waals surface area contributed by atoms with Gasteiger partial charge in [0.2, 0.25) is 0 Å². The number of nitrogens with zero attached hydrogens (tertiary/aromatic N) is 1. The molecule has 3 aromatic rings. The number of rotatable bonds is 7. The van der Waals surface area contributed by atoms with Crippen molar-refractivity contribution in [1.82, 2.24) is 0 Å². The molecule has 0 radical (unpaired) electrons. The zero-order valence-electron chi connectivity index (χ0n) is 15.3. The molecule has 0 aliphatic heterocycles. The maximum absolute atomic E-state index is 12.7. The number of halogens is 2. The lowest BCUT2D eigenvalue weighted by Gasteiger charge is -2.15. The first-order valence-corrected chi connectivity index (χ1v) is 10.4. The number of thiophene rings is 1. The Labute approximate surface area is 178 Å². The normalized spacial score (nSPS) is 11.7. The predicted octanol–water partition coefficient (Wildman–Crippen LogP) is 6.07. The topological polar surface area (TPSA) is 38.7 Å². The lowest BCUT2D eigenvalue weighted by atomic mass is 10.0. The average Bonchev–Trinajstić information content (AvgIpc) is 3.03. The molecule has 0 N–H and O–H groups in total. The first-order chi connectivity index (χ1) is 13.6. The summed E-state index contributed by atoms with van der Waals surface area (Å²) in [5.74, 6) is -0.384. The lowest BCUT2D eigenvalue weighted by Crippen LogP contribution is -2.26. The zero-order chi connectivity index (χ0) is 19.9. The van der Waals surface area contributed by atoms with E-state index in [2.05, 4.69) is 0 Å². The van der Waals surface area contributed by atoms with Crippen LogP contribution >= 0.6 is 34.5 Å². The van der Waals surface area contributed by atoms with Crippen molar-refractivity contribution in [2.24, 2.45) is 4.99 Å². The second-order valence-electron chi connectivity index (χ2n) is 6.03. The number of hydrogen-bond acceptors (Lipinski definition) is 4. The van der Waals surface area contributed by atoms with Gasteiger partial charge in [0.1, 0.15) is 0 Å².